The lowest BCUT2D eigenvalue weighted by atomic mass is 10.3. The second-order valence-electron chi connectivity index (χ2n) is 5.74. The summed E-state index contributed by atoms with van der Waals surface area (Å²) in [7, 11) is -3.20. The van der Waals surface area contributed by atoms with Crippen LogP contribution in [0, 0.1) is 6.92 Å². The largest absolute Gasteiger partial charge is 0.494 e. The molecule has 0 bridgehead atoms. The van der Waals surface area contributed by atoms with Crippen LogP contribution < -0.4 is 10.1 Å². The van der Waals surface area contributed by atoms with Crippen molar-refractivity contribution in [3.63, 3.8) is 0 Å². The maximum Gasteiger partial charge on any atom is 0.220 e. The Morgan fingerprint density at radius 3 is 2.52 bits per heavy atom. The molecule has 0 spiro atoms. The van der Waals surface area contributed by atoms with Gasteiger partial charge in [0, 0.05) is 18.4 Å². The summed E-state index contributed by atoms with van der Waals surface area (Å²) >= 11 is 0. The Balaban J connectivity index is 1.67. The molecule has 0 saturated heterocycles. The number of hydrogen-bond donors (Lipinski definition) is 1. The van der Waals surface area contributed by atoms with Crippen LogP contribution in [-0.4, -0.2) is 32.2 Å². The van der Waals surface area contributed by atoms with E-state index in [0.717, 1.165) is 17.6 Å². The van der Waals surface area contributed by atoms with Crippen LogP contribution >= 0.6 is 0 Å². The van der Waals surface area contributed by atoms with E-state index in [2.05, 4.69) is 10.3 Å². The van der Waals surface area contributed by atoms with E-state index in [1.165, 1.54) is 12.1 Å². The fraction of sp³-hybridized carbons (Fsp3) is 0.333. The summed E-state index contributed by atoms with van der Waals surface area (Å²) in [6.07, 6.45) is 2.09. The first-order valence-electron chi connectivity index (χ1n) is 7.97. The zero-order valence-electron chi connectivity index (χ0n) is 14.4. The molecule has 1 aromatic carbocycles. The highest BCUT2D eigenvalue weighted by atomic mass is 32.2. The quantitative estimate of drug-likeness (QED) is 0.728. The van der Waals surface area contributed by atoms with Gasteiger partial charge in [-0.05, 0) is 49.7 Å². The minimum Gasteiger partial charge on any atom is -0.494 e. The summed E-state index contributed by atoms with van der Waals surface area (Å²) in [6, 6.07) is 11.9. The molecule has 1 heterocycles. The summed E-state index contributed by atoms with van der Waals surface area (Å²) in [5.41, 5.74) is 1.75. The van der Waals surface area contributed by atoms with Crippen LogP contribution in [0.2, 0.25) is 0 Å². The van der Waals surface area contributed by atoms with Crippen molar-refractivity contribution in [2.24, 2.45) is 0 Å². The minimum absolute atomic E-state index is 0.0562. The van der Waals surface area contributed by atoms with Crippen LogP contribution in [0.25, 0.3) is 0 Å². The van der Waals surface area contributed by atoms with Gasteiger partial charge in [-0.25, -0.2) is 8.42 Å². The van der Waals surface area contributed by atoms with E-state index >= 15 is 0 Å². The number of benzene rings is 1. The van der Waals surface area contributed by atoms with Crippen LogP contribution in [0.4, 0.5) is 0 Å². The zero-order chi connectivity index (χ0) is 18.3. The van der Waals surface area contributed by atoms with E-state index in [9.17, 15) is 13.2 Å². The molecule has 6 nitrogen and oxygen atoms in total. The molecule has 2 rings (SSSR count). The second kappa shape index (κ2) is 8.62. The monoisotopic (exact) mass is 362 g/mol. The number of nitrogens with one attached hydrogen (secondary N) is 1. The molecule has 0 unspecified atom stereocenters. The number of pyridine rings is 1. The van der Waals surface area contributed by atoms with Gasteiger partial charge >= 0.3 is 0 Å². The topological polar surface area (TPSA) is 85.4 Å². The lowest BCUT2D eigenvalue weighted by Crippen LogP contribution is -2.23. The first-order chi connectivity index (χ1) is 11.8. The standard InChI is InChI=1S/C18H22N2O4S/c1-14-5-3-6-15(20-14)13-19-18(21)7-4-12-24-16-8-10-17(11-9-16)25(2,22)23/h3,5-6,8-11H,4,7,12-13H2,1-2H3,(H,19,21). The van der Waals surface area contributed by atoms with Gasteiger partial charge in [0.15, 0.2) is 9.84 Å². The Morgan fingerprint density at radius 1 is 1.16 bits per heavy atom. The molecule has 0 atom stereocenters. The summed E-state index contributed by atoms with van der Waals surface area (Å²) < 4.78 is 28.3. The van der Waals surface area contributed by atoms with Gasteiger partial charge in [-0.2, -0.15) is 0 Å². The average Bonchev–Trinajstić information content (AvgIpc) is 2.57. The highest BCUT2D eigenvalue weighted by Gasteiger charge is 2.07. The third-order valence-electron chi connectivity index (χ3n) is 3.48. The molecule has 0 radical (unpaired) electrons. The molecule has 7 heteroatoms. The van der Waals surface area contributed by atoms with Gasteiger partial charge in [-0.1, -0.05) is 6.07 Å². The Bertz CT molecular complexity index is 817. The van der Waals surface area contributed by atoms with Crippen molar-refractivity contribution in [3.05, 3.63) is 53.9 Å². The number of carbonyl (C=O) groups is 1. The molecule has 25 heavy (non-hydrogen) atoms. The Kier molecular flexibility index (Phi) is 6.52. The SMILES string of the molecule is Cc1cccc(CNC(=O)CCCOc2ccc(S(C)(=O)=O)cc2)n1. The lowest BCUT2D eigenvalue weighted by Gasteiger charge is -2.08. The van der Waals surface area contributed by atoms with Crippen LogP contribution in [0.3, 0.4) is 0 Å². The predicted molar refractivity (Wildman–Crippen MR) is 95.1 cm³/mol. The Hall–Kier alpha value is -2.41. The second-order valence-corrected chi connectivity index (χ2v) is 7.76. The van der Waals surface area contributed by atoms with Crippen LogP contribution in [0.1, 0.15) is 24.2 Å². The van der Waals surface area contributed by atoms with Gasteiger partial charge in [0.25, 0.3) is 0 Å². The molecule has 1 N–H and O–H groups in total. The van der Waals surface area contributed by atoms with Crippen molar-refractivity contribution in [1.82, 2.24) is 10.3 Å². The van der Waals surface area contributed by atoms with Gasteiger partial charge in [0.05, 0.1) is 23.7 Å². The number of rotatable bonds is 8. The number of hydrogen-bond acceptors (Lipinski definition) is 5. The fourth-order valence-electron chi connectivity index (χ4n) is 2.18. The van der Waals surface area contributed by atoms with Gasteiger partial charge in [-0.15, -0.1) is 0 Å². The third-order valence-corrected chi connectivity index (χ3v) is 4.61. The first kappa shape index (κ1) is 18.9. The summed E-state index contributed by atoms with van der Waals surface area (Å²) in [6.45, 7) is 2.70. The van der Waals surface area contributed by atoms with Crippen molar-refractivity contribution in [2.75, 3.05) is 12.9 Å². The summed E-state index contributed by atoms with van der Waals surface area (Å²) in [4.78, 5) is 16.4. The van der Waals surface area contributed by atoms with Gasteiger partial charge < -0.3 is 10.1 Å². The van der Waals surface area contributed by atoms with Crippen molar-refractivity contribution in [2.45, 2.75) is 31.2 Å². The van der Waals surface area contributed by atoms with Crippen LogP contribution in [0.5, 0.6) is 5.75 Å². The number of carbonyl (C=O) groups excluding carboxylic acids is 1. The Morgan fingerprint density at radius 2 is 1.88 bits per heavy atom. The maximum atomic E-state index is 11.8. The lowest BCUT2D eigenvalue weighted by molar-refractivity contribution is -0.121. The van der Waals surface area contributed by atoms with E-state index in [4.69, 9.17) is 4.74 Å². The number of amides is 1. The molecular formula is C18H22N2O4S. The molecule has 0 saturated carbocycles. The molecule has 0 aliphatic rings. The molecule has 0 aliphatic heterocycles. The highest BCUT2D eigenvalue weighted by Crippen LogP contribution is 2.16. The number of sulfone groups is 1. The molecule has 134 valence electrons. The molecule has 2 aromatic rings. The van der Waals surface area contributed by atoms with Crippen molar-refractivity contribution >= 4 is 15.7 Å². The molecule has 1 aromatic heterocycles. The van der Waals surface area contributed by atoms with E-state index in [1.54, 1.807) is 12.1 Å². The molecular weight excluding hydrogens is 340 g/mol. The first-order valence-corrected chi connectivity index (χ1v) is 9.86. The van der Waals surface area contributed by atoms with Crippen molar-refractivity contribution < 1.29 is 17.9 Å². The number of aryl methyl sites for hydroxylation is 1. The number of ether oxygens (including phenoxy) is 1. The highest BCUT2D eigenvalue weighted by molar-refractivity contribution is 7.90. The zero-order valence-corrected chi connectivity index (χ0v) is 15.2. The normalized spacial score (nSPS) is 11.1. The van der Waals surface area contributed by atoms with Crippen LogP contribution in [-0.2, 0) is 21.2 Å². The summed E-state index contributed by atoms with van der Waals surface area (Å²) in [5, 5.41) is 2.83. The Labute approximate surface area is 148 Å². The van der Waals surface area contributed by atoms with E-state index in [-0.39, 0.29) is 10.8 Å². The molecule has 0 aliphatic carbocycles. The third kappa shape index (κ3) is 6.54. The van der Waals surface area contributed by atoms with E-state index < -0.39 is 9.84 Å². The van der Waals surface area contributed by atoms with Crippen LogP contribution in [0.15, 0.2) is 47.4 Å². The van der Waals surface area contributed by atoms with Crippen molar-refractivity contribution in [1.29, 1.82) is 0 Å². The minimum atomic E-state index is -3.20. The smallest absolute Gasteiger partial charge is 0.220 e. The summed E-state index contributed by atoms with van der Waals surface area (Å²) in [5.74, 6) is 0.524. The number of aromatic nitrogens is 1. The molecule has 1 amide bonds. The van der Waals surface area contributed by atoms with Gasteiger partial charge in [0.1, 0.15) is 5.75 Å². The average molecular weight is 362 g/mol. The van der Waals surface area contributed by atoms with E-state index in [0.29, 0.717) is 31.7 Å². The van der Waals surface area contributed by atoms with Gasteiger partial charge in [-0.3, -0.25) is 9.78 Å². The van der Waals surface area contributed by atoms with Crippen molar-refractivity contribution in [3.8, 4) is 5.75 Å². The van der Waals surface area contributed by atoms with Gasteiger partial charge in [0.2, 0.25) is 5.91 Å². The number of nitrogens with zero attached hydrogens (tertiary/aromatic N) is 1. The maximum absolute atomic E-state index is 11.8. The van der Waals surface area contributed by atoms with E-state index in [1.807, 2.05) is 25.1 Å². The predicted octanol–water partition coefficient (Wildman–Crippen LogP) is 2.27. The fourth-order valence-corrected chi connectivity index (χ4v) is 2.81. The molecule has 0 fully saturated rings.